The second-order valence-corrected chi connectivity index (χ2v) is 5.31. The Morgan fingerprint density at radius 3 is 2.79 bits per heavy atom. The standard InChI is InChI=1S/C13H23N/c1-5-10(2)6-11-7-12(14)9-13(3,4)8-11/h7,12H,2,5-6,8-9,14H2,1,3-4H3. The van der Waals surface area contributed by atoms with Crippen LogP contribution in [-0.4, -0.2) is 6.04 Å². The second-order valence-electron chi connectivity index (χ2n) is 5.31. The third-order valence-corrected chi connectivity index (χ3v) is 2.92. The Hall–Kier alpha value is -0.560. The lowest BCUT2D eigenvalue weighted by Gasteiger charge is -2.33. The molecule has 1 heteroatoms. The first-order valence-electron chi connectivity index (χ1n) is 5.55. The van der Waals surface area contributed by atoms with E-state index < -0.39 is 0 Å². The average molecular weight is 193 g/mol. The number of rotatable bonds is 3. The summed E-state index contributed by atoms with van der Waals surface area (Å²) in [6.07, 6.45) is 6.65. The Morgan fingerprint density at radius 2 is 2.29 bits per heavy atom. The van der Waals surface area contributed by atoms with E-state index in [2.05, 4.69) is 33.4 Å². The Bertz CT molecular complexity index is 248. The highest BCUT2D eigenvalue weighted by Crippen LogP contribution is 2.36. The molecule has 14 heavy (non-hydrogen) atoms. The van der Waals surface area contributed by atoms with Crippen molar-refractivity contribution in [2.45, 2.75) is 52.5 Å². The maximum atomic E-state index is 6.01. The van der Waals surface area contributed by atoms with E-state index in [1.807, 2.05) is 0 Å². The molecule has 0 heterocycles. The molecule has 0 aromatic heterocycles. The van der Waals surface area contributed by atoms with E-state index in [1.165, 1.54) is 17.6 Å². The van der Waals surface area contributed by atoms with E-state index in [0.29, 0.717) is 5.41 Å². The molecule has 1 aliphatic carbocycles. The van der Waals surface area contributed by atoms with Crippen molar-refractivity contribution in [3.63, 3.8) is 0 Å². The zero-order valence-electron chi connectivity index (χ0n) is 9.77. The van der Waals surface area contributed by atoms with Crippen molar-refractivity contribution in [2.75, 3.05) is 0 Å². The Balaban J connectivity index is 2.65. The maximum Gasteiger partial charge on any atom is 0.0231 e. The van der Waals surface area contributed by atoms with Crippen molar-refractivity contribution in [3.8, 4) is 0 Å². The summed E-state index contributed by atoms with van der Waals surface area (Å²) >= 11 is 0. The van der Waals surface area contributed by atoms with Gasteiger partial charge in [-0.25, -0.2) is 0 Å². The van der Waals surface area contributed by atoms with Gasteiger partial charge in [-0.1, -0.05) is 44.6 Å². The molecule has 1 aliphatic rings. The molecule has 0 aromatic rings. The lowest BCUT2D eigenvalue weighted by Crippen LogP contribution is -2.31. The summed E-state index contributed by atoms with van der Waals surface area (Å²) < 4.78 is 0. The van der Waals surface area contributed by atoms with E-state index in [-0.39, 0.29) is 6.04 Å². The van der Waals surface area contributed by atoms with Gasteiger partial charge in [-0.3, -0.25) is 0 Å². The van der Waals surface area contributed by atoms with Crippen LogP contribution < -0.4 is 5.73 Å². The van der Waals surface area contributed by atoms with Crippen LogP contribution in [0, 0.1) is 5.41 Å². The van der Waals surface area contributed by atoms with Gasteiger partial charge in [0.05, 0.1) is 0 Å². The van der Waals surface area contributed by atoms with E-state index in [1.54, 1.807) is 0 Å². The molecule has 0 saturated heterocycles. The van der Waals surface area contributed by atoms with Crippen LogP contribution in [0.2, 0.25) is 0 Å². The first-order chi connectivity index (χ1) is 6.43. The van der Waals surface area contributed by atoms with Crippen molar-refractivity contribution >= 4 is 0 Å². The number of hydrogen-bond acceptors (Lipinski definition) is 1. The summed E-state index contributed by atoms with van der Waals surface area (Å²) in [5.74, 6) is 0. The van der Waals surface area contributed by atoms with E-state index in [9.17, 15) is 0 Å². The third-order valence-electron chi connectivity index (χ3n) is 2.92. The van der Waals surface area contributed by atoms with Gasteiger partial charge in [0.25, 0.3) is 0 Å². The molecular weight excluding hydrogens is 170 g/mol. The monoisotopic (exact) mass is 193 g/mol. The molecule has 0 aliphatic heterocycles. The Kier molecular flexibility index (Phi) is 3.54. The van der Waals surface area contributed by atoms with Crippen LogP contribution in [0.3, 0.4) is 0 Å². The van der Waals surface area contributed by atoms with E-state index in [4.69, 9.17) is 5.73 Å². The first-order valence-corrected chi connectivity index (χ1v) is 5.55. The molecule has 1 unspecified atom stereocenters. The summed E-state index contributed by atoms with van der Waals surface area (Å²) in [5, 5.41) is 0. The minimum absolute atomic E-state index is 0.249. The lowest BCUT2D eigenvalue weighted by molar-refractivity contribution is 0.299. The number of nitrogens with two attached hydrogens (primary N) is 1. The summed E-state index contributed by atoms with van der Waals surface area (Å²) in [7, 11) is 0. The van der Waals surface area contributed by atoms with Gasteiger partial charge in [0.1, 0.15) is 0 Å². The highest BCUT2D eigenvalue weighted by atomic mass is 14.6. The molecule has 0 saturated carbocycles. The van der Waals surface area contributed by atoms with Gasteiger partial charge in [0.15, 0.2) is 0 Å². The molecule has 1 atom stereocenters. The van der Waals surface area contributed by atoms with Crippen molar-refractivity contribution in [1.29, 1.82) is 0 Å². The van der Waals surface area contributed by atoms with E-state index >= 15 is 0 Å². The summed E-state index contributed by atoms with van der Waals surface area (Å²) in [6.45, 7) is 10.8. The quantitative estimate of drug-likeness (QED) is 0.683. The molecule has 0 fully saturated rings. The number of hydrogen-bond donors (Lipinski definition) is 1. The fourth-order valence-corrected chi connectivity index (χ4v) is 2.31. The first kappa shape index (κ1) is 11.5. The fourth-order valence-electron chi connectivity index (χ4n) is 2.31. The minimum atomic E-state index is 0.249. The van der Waals surface area contributed by atoms with Crippen LogP contribution >= 0.6 is 0 Å². The van der Waals surface area contributed by atoms with Crippen LogP contribution in [0.25, 0.3) is 0 Å². The topological polar surface area (TPSA) is 26.0 Å². The summed E-state index contributed by atoms with van der Waals surface area (Å²) in [5.41, 5.74) is 9.19. The predicted molar refractivity (Wildman–Crippen MR) is 63.1 cm³/mol. The smallest absolute Gasteiger partial charge is 0.0231 e. The van der Waals surface area contributed by atoms with Crippen molar-refractivity contribution in [3.05, 3.63) is 23.8 Å². The Labute approximate surface area is 88.1 Å². The maximum absolute atomic E-state index is 6.01. The molecular formula is C13H23N. The van der Waals surface area contributed by atoms with Crippen LogP contribution in [0.1, 0.15) is 46.5 Å². The van der Waals surface area contributed by atoms with Crippen molar-refractivity contribution in [2.24, 2.45) is 11.1 Å². The van der Waals surface area contributed by atoms with Crippen LogP contribution in [0.4, 0.5) is 0 Å². The predicted octanol–water partition coefficient (Wildman–Crippen LogP) is 3.42. The van der Waals surface area contributed by atoms with Crippen LogP contribution in [-0.2, 0) is 0 Å². The highest BCUT2D eigenvalue weighted by molar-refractivity contribution is 5.19. The van der Waals surface area contributed by atoms with Gasteiger partial charge in [-0.15, -0.1) is 0 Å². The molecule has 80 valence electrons. The molecule has 1 nitrogen and oxygen atoms in total. The molecule has 0 radical (unpaired) electrons. The van der Waals surface area contributed by atoms with Gasteiger partial charge in [-0.05, 0) is 31.1 Å². The zero-order chi connectivity index (χ0) is 10.8. The van der Waals surface area contributed by atoms with Gasteiger partial charge in [-0.2, -0.15) is 0 Å². The summed E-state index contributed by atoms with van der Waals surface area (Å²) in [4.78, 5) is 0. The van der Waals surface area contributed by atoms with Gasteiger partial charge >= 0.3 is 0 Å². The van der Waals surface area contributed by atoms with Crippen LogP contribution in [0.5, 0.6) is 0 Å². The third kappa shape index (κ3) is 3.30. The average Bonchev–Trinajstić information content (AvgIpc) is 1.99. The zero-order valence-corrected chi connectivity index (χ0v) is 9.77. The molecule has 0 spiro atoms. The molecule has 0 aromatic carbocycles. The normalized spacial score (nSPS) is 25.7. The minimum Gasteiger partial charge on any atom is -0.324 e. The molecule has 2 N–H and O–H groups in total. The number of allylic oxidation sites excluding steroid dienone is 2. The van der Waals surface area contributed by atoms with Gasteiger partial charge < -0.3 is 5.73 Å². The van der Waals surface area contributed by atoms with Crippen LogP contribution in [0.15, 0.2) is 23.8 Å². The second kappa shape index (κ2) is 4.31. The SMILES string of the molecule is C=C(CC)CC1=CC(N)CC(C)(C)C1. The highest BCUT2D eigenvalue weighted by Gasteiger charge is 2.26. The molecule has 0 amide bonds. The largest absolute Gasteiger partial charge is 0.324 e. The molecule has 0 bridgehead atoms. The Morgan fingerprint density at radius 1 is 1.64 bits per heavy atom. The summed E-state index contributed by atoms with van der Waals surface area (Å²) in [6, 6.07) is 0.249. The van der Waals surface area contributed by atoms with Gasteiger partial charge in [0.2, 0.25) is 0 Å². The lowest BCUT2D eigenvalue weighted by atomic mass is 9.74. The fraction of sp³-hybridized carbons (Fsp3) is 0.692. The molecule has 1 rings (SSSR count). The van der Waals surface area contributed by atoms with E-state index in [0.717, 1.165) is 19.3 Å². The van der Waals surface area contributed by atoms with Crippen molar-refractivity contribution < 1.29 is 0 Å². The van der Waals surface area contributed by atoms with Gasteiger partial charge in [0, 0.05) is 6.04 Å². The van der Waals surface area contributed by atoms with Crippen molar-refractivity contribution in [1.82, 2.24) is 0 Å².